The molecule has 0 atom stereocenters. The SMILES string of the molecule is CC(=O)CSC1=NN=C(c2cc(-c3ccc4ccccc4c3)cc(-c3cn(C)nc3C)c2)C1. The Morgan fingerprint density at radius 3 is 2.45 bits per heavy atom. The molecule has 6 heteroatoms. The van der Waals surface area contributed by atoms with Crippen molar-refractivity contribution in [1.29, 1.82) is 0 Å². The van der Waals surface area contributed by atoms with Gasteiger partial charge < -0.3 is 0 Å². The summed E-state index contributed by atoms with van der Waals surface area (Å²) in [7, 11) is 1.94. The van der Waals surface area contributed by atoms with Gasteiger partial charge in [0.05, 0.1) is 17.2 Å². The van der Waals surface area contributed by atoms with E-state index in [0.29, 0.717) is 12.2 Å². The molecule has 4 aromatic rings. The number of fused-ring (bicyclic) bond motifs is 1. The molecule has 5 nitrogen and oxygen atoms in total. The summed E-state index contributed by atoms with van der Waals surface area (Å²) < 4.78 is 1.85. The van der Waals surface area contributed by atoms with Crippen LogP contribution in [0.15, 0.2) is 77.1 Å². The van der Waals surface area contributed by atoms with Gasteiger partial charge in [-0.25, -0.2) is 0 Å². The van der Waals surface area contributed by atoms with Crippen LogP contribution >= 0.6 is 11.8 Å². The second-order valence-corrected chi connectivity index (χ2v) is 9.42. The molecule has 0 saturated heterocycles. The Labute approximate surface area is 197 Å². The fourth-order valence-electron chi connectivity index (χ4n) is 4.12. The fraction of sp³-hybridized carbons (Fsp3) is 0.185. The number of rotatable bonds is 5. The van der Waals surface area contributed by atoms with Crippen LogP contribution in [0.2, 0.25) is 0 Å². The Bertz CT molecular complexity index is 1450. The van der Waals surface area contributed by atoms with E-state index in [1.54, 1.807) is 6.92 Å². The number of carbonyl (C=O) groups is 1. The third-order valence-corrected chi connectivity index (χ3v) is 6.83. The second kappa shape index (κ2) is 8.79. The molecule has 164 valence electrons. The van der Waals surface area contributed by atoms with Gasteiger partial charge in [0, 0.05) is 25.2 Å². The van der Waals surface area contributed by atoms with Crippen molar-refractivity contribution in [1.82, 2.24) is 9.78 Å². The molecule has 5 rings (SSSR count). The van der Waals surface area contributed by atoms with E-state index in [1.807, 2.05) is 18.7 Å². The van der Waals surface area contributed by atoms with Gasteiger partial charge in [0.1, 0.15) is 10.8 Å². The van der Waals surface area contributed by atoms with Crippen molar-refractivity contribution in [2.45, 2.75) is 20.3 Å². The highest BCUT2D eigenvalue weighted by Crippen LogP contribution is 2.33. The van der Waals surface area contributed by atoms with Gasteiger partial charge in [-0.3, -0.25) is 9.48 Å². The zero-order valence-corrected chi connectivity index (χ0v) is 19.7. The summed E-state index contributed by atoms with van der Waals surface area (Å²) in [4.78, 5) is 11.4. The smallest absolute Gasteiger partial charge is 0.140 e. The zero-order valence-electron chi connectivity index (χ0n) is 18.9. The Balaban J connectivity index is 1.57. The highest BCUT2D eigenvalue weighted by atomic mass is 32.2. The highest BCUT2D eigenvalue weighted by molar-refractivity contribution is 8.14. The monoisotopic (exact) mass is 452 g/mol. The molecule has 0 amide bonds. The van der Waals surface area contributed by atoms with Gasteiger partial charge in [-0.15, -0.1) is 16.9 Å². The van der Waals surface area contributed by atoms with Crippen LogP contribution < -0.4 is 0 Å². The van der Waals surface area contributed by atoms with Crippen LogP contribution in [0.1, 0.15) is 24.6 Å². The zero-order chi connectivity index (χ0) is 22.9. The number of benzene rings is 3. The van der Waals surface area contributed by atoms with Crippen LogP contribution in [0.5, 0.6) is 0 Å². The maximum atomic E-state index is 11.4. The van der Waals surface area contributed by atoms with Crippen LogP contribution in [0.3, 0.4) is 0 Å². The van der Waals surface area contributed by atoms with Gasteiger partial charge in [0.15, 0.2) is 0 Å². The number of aryl methyl sites for hydroxylation is 2. The van der Waals surface area contributed by atoms with Crippen molar-refractivity contribution >= 4 is 39.1 Å². The summed E-state index contributed by atoms with van der Waals surface area (Å²) in [5.41, 5.74) is 7.45. The normalized spacial score (nSPS) is 13.3. The average molecular weight is 453 g/mol. The number of Topliss-reactive ketones (excluding diaryl/α,β-unsaturated/α-hetero) is 1. The van der Waals surface area contributed by atoms with Gasteiger partial charge in [-0.05, 0) is 71.1 Å². The Hall–Kier alpha value is -3.51. The molecule has 1 aliphatic rings. The largest absolute Gasteiger partial charge is 0.299 e. The van der Waals surface area contributed by atoms with E-state index >= 15 is 0 Å². The number of nitrogens with zero attached hydrogens (tertiary/aromatic N) is 4. The number of thioether (sulfide) groups is 1. The van der Waals surface area contributed by atoms with Crippen LogP contribution in [0, 0.1) is 6.92 Å². The molecule has 0 fully saturated rings. The lowest BCUT2D eigenvalue weighted by Crippen LogP contribution is -2.04. The molecule has 2 heterocycles. The van der Waals surface area contributed by atoms with Crippen molar-refractivity contribution in [3.05, 3.63) is 78.1 Å². The Morgan fingerprint density at radius 2 is 1.70 bits per heavy atom. The molecule has 0 aliphatic carbocycles. The molecule has 33 heavy (non-hydrogen) atoms. The van der Waals surface area contributed by atoms with Crippen molar-refractivity contribution in [3.63, 3.8) is 0 Å². The summed E-state index contributed by atoms with van der Waals surface area (Å²) in [6.45, 7) is 3.63. The predicted molar refractivity (Wildman–Crippen MR) is 138 cm³/mol. The second-order valence-electron chi connectivity index (χ2n) is 8.37. The van der Waals surface area contributed by atoms with E-state index in [0.717, 1.165) is 44.3 Å². The Morgan fingerprint density at radius 1 is 0.939 bits per heavy atom. The van der Waals surface area contributed by atoms with E-state index < -0.39 is 0 Å². The number of carbonyl (C=O) groups excluding carboxylic acids is 1. The lowest BCUT2D eigenvalue weighted by atomic mass is 9.93. The van der Waals surface area contributed by atoms with Crippen LogP contribution in [0.25, 0.3) is 33.0 Å². The molecule has 0 saturated carbocycles. The minimum absolute atomic E-state index is 0.142. The summed E-state index contributed by atoms with van der Waals surface area (Å²) in [6, 6.07) is 21.5. The van der Waals surface area contributed by atoms with E-state index in [9.17, 15) is 4.79 Å². The first-order chi connectivity index (χ1) is 16.0. The van der Waals surface area contributed by atoms with E-state index in [-0.39, 0.29) is 5.78 Å². The summed E-state index contributed by atoms with van der Waals surface area (Å²) in [5.74, 6) is 0.572. The van der Waals surface area contributed by atoms with Crippen molar-refractivity contribution in [2.24, 2.45) is 17.3 Å². The molecular weight excluding hydrogens is 428 g/mol. The molecule has 0 N–H and O–H groups in total. The standard InChI is InChI=1S/C27H24N4OS/c1-17(32)16-33-27-14-26(28-29-27)24-12-22(11-23(13-24)25-15-31(3)30-18(25)2)21-9-8-19-6-4-5-7-20(19)10-21/h4-13,15H,14,16H2,1-3H3. The van der Waals surface area contributed by atoms with Crippen molar-refractivity contribution in [3.8, 4) is 22.3 Å². The topological polar surface area (TPSA) is 59.6 Å². The van der Waals surface area contributed by atoms with Gasteiger partial charge >= 0.3 is 0 Å². The minimum atomic E-state index is 0.142. The average Bonchev–Trinajstić information content (AvgIpc) is 3.43. The molecule has 1 aromatic heterocycles. The summed E-state index contributed by atoms with van der Waals surface area (Å²) >= 11 is 1.47. The van der Waals surface area contributed by atoms with Gasteiger partial charge in [-0.1, -0.05) is 36.4 Å². The number of aromatic nitrogens is 2. The van der Waals surface area contributed by atoms with E-state index in [4.69, 9.17) is 0 Å². The molecule has 0 spiro atoms. The fourth-order valence-corrected chi connectivity index (χ4v) is 4.83. The lowest BCUT2D eigenvalue weighted by Gasteiger charge is -2.11. The van der Waals surface area contributed by atoms with E-state index in [2.05, 4.69) is 82.2 Å². The third-order valence-electron chi connectivity index (χ3n) is 5.72. The van der Waals surface area contributed by atoms with Crippen molar-refractivity contribution in [2.75, 3.05) is 5.75 Å². The predicted octanol–water partition coefficient (Wildman–Crippen LogP) is 6.04. The first-order valence-corrected chi connectivity index (χ1v) is 11.9. The first kappa shape index (κ1) is 21.3. The summed E-state index contributed by atoms with van der Waals surface area (Å²) in [5, 5.41) is 16.7. The molecule has 3 aromatic carbocycles. The highest BCUT2D eigenvalue weighted by Gasteiger charge is 2.18. The van der Waals surface area contributed by atoms with Crippen molar-refractivity contribution < 1.29 is 4.79 Å². The quantitative estimate of drug-likeness (QED) is 0.371. The number of hydrogen-bond acceptors (Lipinski definition) is 5. The van der Waals surface area contributed by atoms with Gasteiger partial charge in [0.2, 0.25) is 0 Å². The van der Waals surface area contributed by atoms with Crippen LogP contribution in [0.4, 0.5) is 0 Å². The maximum Gasteiger partial charge on any atom is 0.140 e. The molecular formula is C27H24N4OS. The molecule has 0 unspecified atom stereocenters. The van der Waals surface area contributed by atoms with E-state index in [1.165, 1.54) is 22.5 Å². The van der Waals surface area contributed by atoms with Crippen LogP contribution in [-0.4, -0.2) is 32.1 Å². The van der Waals surface area contributed by atoms with Gasteiger partial charge in [-0.2, -0.15) is 10.2 Å². The Kier molecular flexibility index (Phi) is 5.68. The first-order valence-electron chi connectivity index (χ1n) is 10.9. The van der Waals surface area contributed by atoms with Gasteiger partial charge in [0.25, 0.3) is 0 Å². The molecule has 1 aliphatic heterocycles. The minimum Gasteiger partial charge on any atom is -0.299 e. The maximum absolute atomic E-state index is 11.4. The number of ketones is 1. The van der Waals surface area contributed by atoms with Crippen LogP contribution in [-0.2, 0) is 11.8 Å². The number of hydrogen-bond donors (Lipinski definition) is 0. The third kappa shape index (κ3) is 4.52. The molecule has 0 bridgehead atoms. The molecule has 0 radical (unpaired) electrons. The lowest BCUT2D eigenvalue weighted by molar-refractivity contribution is -0.114. The summed E-state index contributed by atoms with van der Waals surface area (Å²) in [6.07, 6.45) is 2.70.